The number of hydrogen-bond donors (Lipinski definition) is 0. The summed E-state index contributed by atoms with van der Waals surface area (Å²) in [6.07, 6.45) is -0.102. The number of ether oxygens (including phenoxy) is 1. The molecule has 5 rings (SSSR count). The van der Waals surface area contributed by atoms with Crippen LogP contribution in [0.4, 0.5) is 4.39 Å². The van der Waals surface area contributed by atoms with Gasteiger partial charge in [0.05, 0.1) is 24.4 Å². The summed E-state index contributed by atoms with van der Waals surface area (Å²) in [7, 11) is 0. The van der Waals surface area contributed by atoms with Crippen molar-refractivity contribution in [2.24, 2.45) is 0 Å². The molecule has 0 N–H and O–H groups in total. The van der Waals surface area contributed by atoms with Crippen LogP contribution in [-0.4, -0.2) is 25.1 Å². The van der Waals surface area contributed by atoms with Crippen LogP contribution in [0.15, 0.2) is 47.0 Å². The van der Waals surface area contributed by atoms with Crippen molar-refractivity contribution >= 4 is 0 Å². The van der Waals surface area contributed by atoms with Crippen LogP contribution < -0.4 is 0 Å². The highest BCUT2D eigenvalue weighted by Crippen LogP contribution is 2.32. The summed E-state index contributed by atoms with van der Waals surface area (Å²) in [5.41, 5.74) is 5.03. The largest absolute Gasteiger partial charge is 0.365 e. The van der Waals surface area contributed by atoms with Crippen molar-refractivity contribution in [1.29, 1.82) is 0 Å². The predicted molar refractivity (Wildman–Crippen MR) is 102 cm³/mol. The Morgan fingerprint density at radius 3 is 2.83 bits per heavy atom. The third-order valence-electron chi connectivity index (χ3n) is 5.11. The zero-order chi connectivity index (χ0) is 20.0. The van der Waals surface area contributed by atoms with Crippen molar-refractivity contribution in [1.82, 2.24) is 25.1 Å². The van der Waals surface area contributed by atoms with Gasteiger partial charge in [-0.2, -0.15) is 4.98 Å². The van der Waals surface area contributed by atoms with Gasteiger partial charge < -0.3 is 9.26 Å². The van der Waals surface area contributed by atoms with E-state index in [9.17, 15) is 4.39 Å². The van der Waals surface area contributed by atoms with Gasteiger partial charge in [0.2, 0.25) is 5.82 Å². The van der Waals surface area contributed by atoms with Gasteiger partial charge in [0.15, 0.2) is 5.69 Å². The Bertz CT molecular complexity index is 1200. The third kappa shape index (κ3) is 3.11. The maximum atomic E-state index is 14.0. The van der Waals surface area contributed by atoms with Crippen LogP contribution in [0, 0.1) is 19.7 Å². The van der Waals surface area contributed by atoms with E-state index in [0.29, 0.717) is 18.8 Å². The van der Waals surface area contributed by atoms with Crippen LogP contribution in [0.3, 0.4) is 0 Å². The summed E-state index contributed by atoms with van der Waals surface area (Å²) < 4.78 is 27.2. The van der Waals surface area contributed by atoms with E-state index in [1.54, 1.807) is 22.9 Å². The average molecular weight is 391 g/mol. The first-order valence-corrected chi connectivity index (χ1v) is 9.30. The lowest BCUT2D eigenvalue weighted by molar-refractivity contribution is -0.00153. The standard InChI is InChI=1S/C21H18FN5O2/c1-12-7-8-14(13(2)9-12)18-10-27-17(11-28-18)19(24-26-27)21-23-20(25-29-21)15-5-3-4-6-16(15)22/h3-9,18H,10-11H2,1-2H3/t18-/m0/s1. The molecular formula is C21H18FN5O2. The Morgan fingerprint density at radius 2 is 2.00 bits per heavy atom. The molecule has 1 aliphatic rings. The highest BCUT2D eigenvalue weighted by Gasteiger charge is 2.28. The number of benzene rings is 2. The Hall–Kier alpha value is -3.39. The number of nitrogens with zero attached hydrogens (tertiary/aromatic N) is 5. The fourth-order valence-corrected chi connectivity index (χ4v) is 3.62. The Labute approximate surface area is 166 Å². The molecule has 7 nitrogen and oxygen atoms in total. The summed E-state index contributed by atoms with van der Waals surface area (Å²) in [5.74, 6) is -0.0488. The van der Waals surface area contributed by atoms with Crippen molar-refractivity contribution in [3.05, 3.63) is 70.7 Å². The fraction of sp³-hybridized carbons (Fsp3) is 0.238. The minimum Gasteiger partial charge on any atom is -0.365 e. The monoisotopic (exact) mass is 391 g/mol. The first-order chi connectivity index (χ1) is 14.1. The molecule has 2 aromatic carbocycles. The molecule has 1 atom stereocenters. The molecule has 0 aliphatic carbocycles. The maximum absolute atomic E-state index is 14.0. The molecule has 0 spiro atoms. The molecule has 0 amide bonds. The molecule has 0 unspecified atom stereocenters. The molecule has 0 fully saturated rings. The summed E-state index contributed by atoms with van der Waals surface area (Å²) in [4.78, 5) is 4.30. The van der Waals surface area contributed by atoms with Gasteiger partial charge >= 0.3 is 0 Å². The van der Waals surface area contributed by atoms with Gasteiger partial charge in [-0.3, -0.25) is 0 Å². The highest BCUT2D eigenvalue weighted by atomic mass is 19.1. The van der Waals surface area contributed by atoms with Crippen LogP contribution in [0.2, 0.25) is 0 Å². The molecule has 8 heteroatoms. The molecule has 1 aliphatic heterocycles. The SMILES string of the molecule is Cc1ccc([C@@H]2Cn3nnc(-c4nc(-c5ccccc5F)no4)c3CO2)c(C)c1. The van der Waals surface area contributed by atoms with Crippen LogP contribution in [-0.2, 0) is 17.9 Å². The van der Waals surface area contributed by atoms with E-state index in [4.69, 9.17) is 9.26 Å². The van der Waals surface area contributed by atoms with Crippen LogP contribution in [0.25, 0.3) is 23.0 Å². The number of rotatable bonds is 3. The predicted octanol–water partition coefficient (Wildman–Crippen LogP) is 4.02. The molecule has 0 bridgehead atoms. The molecule has 0 saturated heterocycles. The number of aromatic nitrogens is 5. The van der Waals surface area contributed by atoms with Crippen molar-refractivity contribution in [2.75, 3.05) is 0 Å². The Morgan fingerprint density at radius 1 is 1.14 bits per heavy atom. The molecule has 0 saturated carbocycles. The van der Waals surface area contributed by atoms with Crippen molar-refractivity contribution < 1.29 is 13.7 Å². The summed E-state index contributed by atoms with van der Waals surface area (Å²) >= 11 is 0. The van der Waals surface area contributed by atoms with E-state index in [0.717, 1.165) is 11.3 Å². The molecular weight excluding hydrogens is 373 g/mol. The smallest absolute Gasteiger partial charge is 0.280 e. The van der Waals surface area contributed by atoms with E-state index < -0.39 is 5.82 Å². The van der Waals surface area contributed by atoms with Gasteiger partial charge in [-0.15, -0.1) is 5.10 Å². The quantitative estimate of drug-likeness (QED) is 0.525. The number of fused-ring (bicyclic) bond motifs is 1. The van der Waals surface area contributed by atoms with Gasteiger partial charge in [0.25, 0.3) is 5.89 Å². The van der Waals surface area contributed by atoms with Crippen LogP contribution >= 0.6 is 0 Å². The molecule has 0 radical (unpaired) electrons. The second kappa shape index (κ2) is 6.89. The second-order valence-corrected chi connectivity index (χ2v) is 7.13. The number of hydrogen-bond acceptors (Lipinski definition) is 6. The number of halogens is 1. The molecule has 2 aromatic heterocycles. The lowest BCUT2D eigenvalue weighted by Crippen LogP contribution is -2.22. The average Bonchev–Trinajstić information content (AvgIpc) is 3.34. The summed E-state index contributed by atoms with van der Waals surface area (Å²) in [6.45, 7) is 5.01. The molecule has 146 valence electrons. The normalized spacial score (nSPS) is 16.0. The van der Waals surface area contributed by atoms with Crippen molar-refractivity contribution in [3.63, 3.8) is 0 Å². The first kappa shape index (κ1) is 17.7. The summed E-state index contributed by atoms with van der Waals surface area (Å²) in [5, 5.41) is 12.3. The zero-order valence-electron chi connectivity index (χ0n) is 16.0. The zero-order valence-corrected chi connectivity index (χ0v) is 16.0. The van der Waals surface area contributed by atoms with Crippen molar-refractivity contribution in [2.45, 2.75) is 33.1 Å². The lowest BCUT2D eigenvalue weighted by Gasteiger charge is -2.25. The van der Waals surface area contributed by atoms with Gasteiger partial charge in [0.1, 0.15) is 11.9 Å². The Balaban J connectivity index is 1.43. The van der Waals surface area contributed by atoms with E-state index in [1.165, 1.54) is 17.2 Å². The van der Waals surface area contributed by atoms with Gasteiger partial charge in [-0.25, -0.2) is 9.07 Å². The molecule has 29 heavy (non-hydrogen) atoms. The second-order valence-electron chi connectivity index (χ2n) is 7.13. The van der Waals surface area contributed by atoms with Crippen LogP contribution in [0.5, 0.6) is 0 Å². The number of aryl methyl sites for hydroxylation is 2. The van der Waals surface area contributed by atoms with E-state index in [-0.39, 0.29) is 23.4 Å². The maximum Gasteiger partial charge on any atom is 0.280 e. The Kier molecular flexibility index (Phi) is 4.21. The molecule has 3 heterocycles. The van der Waals surface area contributed by atoms with Crippen molar-refractivity contribution in [3.8, 4) is 23.0 Å². The molecule has 4 aromatic rings. The minimum atomic E-state index is -0.413. The van der Waals surface area contributed by atoms with Gasteiger partial charge in [-0.05, 0) is 37.1 Å². The van der Waals surface area contributed by atoms with Gasteiger partial charge in [-0.1, -0.05) is 46.3 Å². The van der Waals surface area contributed by atoms with E-state index >= 15 is 0 Å². The fourth-order valence-electron chi connectivity index (χ4n) is 3.62. The highest BCUT2D eigenvalue weighted by molar-refractivity contribution is 5.59. The minimum absolute atomic E-state index is 0.102. The van der Waals surface area contributed by atoms with E-state index in [1.807, 2.05) is 0 Å². The summed E-state index contributed by atoms with van der Waals surface area (Å²) in [6, 6.07) is 12.6. The van der Waals surface area contributed by atoms with Gasteiger partial charge in [0, 0.05) is 0 Å². The first-order valence-electron chi connectivity index (χ1n) is 9.30. The lowest BCUT2D eigenvalue weighted by atomic mass is 10.0. The van der Waals surface area contributed by atoms with E-state index in [2.05, 4.69) is 52.5 Å². The third-order valence-corrected chi connectivity index (χ3v) is 5.11. The van der Waals surface area contributed by atoms with Crippen LogP contribution in [0.1, 0.15) is 28.5 Å². The topological polar surface area (TPSA) is 78.9 Å².